The molecule has 226 valence electrons. The number of hydrogen-bond acceptors (Lipinski definition) is 8. The summed E-state index contributed by atoms with van der Waals surface area (Å²) in [5.74, 6) is 0.662. The third-order valence-corrected chi connectivity index (χ3v) is 7.28. The van der Waals surface area contributed by atoms with Crippen LogP contribution in [0.5, 0.6) is 11.5 Å². The first-order valence-electron chi connectivity index (χ1n) is 14.0. The van der Waals surface area contributed by atoms with Crippen molar-refractivity contribution in [1.29, 1.82) is 5.26 Å². The third kappa shape index (κ3) is 7.98. The van der Waals surface area contributed by atoms with E-state index < -0.39 is 0 Å². The summed E-state index contributed by atoms with van der Waals surface area (Å²) in [7, 11) is 3.84. The Labute approximate surface area is 265 Å². The smallest absolute Gasteiger partial charge is 0.248 e. The van der Waals surface area contributed by atoms with Crippen LogP contribution in [0.4, 0.5) is 17.1 Å². The number of amides is 1. The molecule has 2 heterocycles. The van der Waals surface area contributed by atoms with Gasteiger partial charge in [-0.3, -0.25) is 9.78 Å². The lowest BCUT2D eigenvalue weighted by molar-refractivity contribution is -0.111. The topological polar surface area (TPSA) is 109 Å². The Bertz CT molecular complexity index is 1730. The molecule has 3 aromatic carbocycles. The maximum atomic E-state index is 12.8. The van der Waals surface area contributed by atoms with E-state index in [0.717, 1.165) is 12.0 Å². The van der Waals surface area contributed by atoms with Crippen molar-refractivity contribution < 1.29 is 19.0 Å². The minimum atomic E-state index is -0.308. The van der Waals surface area contributed by atoms with E-state index in [1.54, 1.807) is 36.4 Å². The van der Waals surface area contributed by atoms with Crippen LogP contribution >= 0.6 is 23.2 Å². The van der Waals surface area contributed by atoms with Gasteiger partial charge in [-0.05, 0) is 56.1 Å². The van der Waals surface area contributed by atoms with E-state index in [2.05, 4.69) is 21.7 Å². The van der Waals surface area contributed by atoms with Gasteiger partial charge < -0.3 is 29.7 Å². The minimum absolute atomic E-state index is 0.148. The number of aromatic nitrogens is 1. The fourth-order valence-corrected chi connectivity index (χ4v) is 5.04. The number of nitriles is 1. The number of pyridine rings is 1. The zero-order chi connectivity index (χ0) is 31.1. The standard InChI is InChI=1S/C33H31Cl2N5O4/c1-40(2)11-4-7-32(41)39-29-15-26-28(16-31(29)44-25-10-12-42-20-25)37-18-22(17-36)33(26)38-24-8-9-30(27(35)14-24)43-19-21-5-3-6-23(34)13-21/h3-9,13-16,18,25H,10-12,19-20H2,1-2H3,(H,37,38)(H,39,41)/b7-4+. The van der Waals surface area contributed by atoms with Gasteiger partial charge >= 0.3 is 0 Å². The lowest BCUT2D eigenvalue weighted by Gasteiger charge is -2.19. The number of carbonyl (C=O) groups excluding carboxylic acids is 1. The zero-order valence-corrected chi connectivity index (χ0v) is 25.8. The summed E-state index contributed by atoms with van der Waals surface area (Å²) < 4.78 is 17.6. The summed E-state index contributed by atoms with van der Waals surface area (Å²) in [6.07, 6.45) is 5.34. The molecule has 0 aliphatic carbocycles. The van der Waals surface area contributed by atoms with Gasteiger partial charge in [0.25, 0.3) is 0 Å². The lowest BCUT2D eigenvalue weighted by atomic mass is 10.1. The molecule has 2 N–H and O–H groups in total. The first-order chi connectivity index (χ1) is 21.3. The maximum Gasteiger partial charge on any atom is 0.248 e. The molecule has 1 fully saturated rings. The van der Waals surface area contributed by atoms with E-state index in [0.29, 0.717) is 81.4 Å². The second kappa shape index (κ2) is 14.4. The second-order valence-corrected chi connectivity index (χ2v) is 11.3. The number of likely N-dealkylation sites (N-methyl/N-ethyl adjacent to an activating group) is 1. The van der Waals surface area contributed by atoms with Crippen LogP contribution in [-0.4, -0.2) is 55.7 Å². The average Bonchev–Trinajstić information content (AvgIpc) is 3.50. The molecule has 11 heteroatoms. The van der Waals surface area contributed by atoms with E-state index in [1.165, 1.54) is 12.3 Å². The molecule has 0 spiro atoms. The highest BCUT2D eigenvalue weighted by Gasteiger charge is 2.21. The summed E-state index contributed by atoms with van der Waals surface area (Å²) in [6.45, 7) is 1.99. The molecule has 9 nitrogen and oxygen atoms in total. The molecule has 44 heavy (non-hydrogen) atoms. The number of rotatable bonds is 11. The minimum Gasteiger partial charge on any atom is -0.487 e. The Morgan fingerprint density at radius 1 is 1.18 bits per heavy atom. The quantitative estimate of drug-likeness (QED) is 0.171. The van der Waals surface area contributed by atoms with Crippen LogP contribution < -0.4 is 20.1 Å². The second-order valence-electron chi connectivity index (χ2n) is 10.5. The molecule has 0 radical (unpaired) electrons. The highest BCUT2D eigenvalue weighted by Crippen LogP contribution is 2.38. The maximum absolute atomic E-state index is 12.8. The monoisotopic (exact) mass is 631 g/mol. The van der Waals surface area contributed by atoms with Gasteiger partial charge in [0, 0.05) is 47.4 Å². The molecule has 1 aliphatic rings. The van der Waals surface area contributed by atoms with Crippen LogP contribution in [0, 0.1) is 11.3 Å². The highest BCUT2D eigenvalue weighted by atomic mass is 35.5. The Morgan fingerprint density at radius 3 is 2.77 bits per heavy atom. The molecule has 0 saturated carbocycles. The van der Waals surface area contributed by atoms with Gasteiger partial charge in [-0.25, -0.2) is 0 Å². The van der Waals surface area contributed by atoms with Crippen LogP contribution in [0.3, 0.4) is 0 Å². The van der Waals surface area contributed by atoms with Gasteiger partial charge in [0.1, 0.15) is 30.3 Å². The molecule has 1 unspecified atom stereocenters. The van der Waals surface area contributed by atoms with E-state index in [9.17, 15) is 10.1 Å². The summed E-state index contributed by atoms with van der Waals surface area (Å²) >= 11 is 12.7. The average molecular weight is 633 g/mol. The van der Waals surface area contributed by atoms with Crippen molar-refractivity contribution in [3.63, 3.8) is 0 Å². The number of ether oxygens (including phenoxy) is 3. The van der Waals surface area contributed by atoms with Crippen LogP contribution in [0.25, 0.3) is 10.9 Å². The molecule has 1 aliphatic heterocycles. The fraction of sp³-hybridized carbons (Fsp3) is 0.242. The first kappa shape index (κ1) is 31.1. The van der Waals surface area contributed by atoms with Crippen LogP contribution in [0.2, 0.25) is 10.0 Å². The fourth-order valence-electron chi connectivity index (χ4n) is 4.59. The number of nitrogens with zero attached hydrogens (tertiary/aromatic N) is 3. The molecular weight excluding hydrogens is 601 g/mol. The number of fused-ring (bicyclic) bond motifs is 1. The Kier molecular flexibility index (Phi) is 10.2. The summed E-state index contributed by atoms with van der Waals surface area (Å²) in [6, 6.07) is 18.4. The van der Waals surface area contributed by atoms with Gasteiger partial charge in [-0.2, -0.15) is 5.26 Å². The van der Waals surface area contributed by atoms with Crippen molar-refractivity contribution in [3.05, 3.63) is 94.1 Å². The van der Waals surface area contributed by atoms with Crippen molar-refractivity contribution in [3.8, 4) is 17.6 Å². The van der Waals surface area contributed by atoms with Gasteiger partial charge in [0.15, 0.2) is 0 Å². The zero-order valence-electron chi connectivity index (χ0n) is 24.3. The number of halogens is 2. The molecule has 1 aromatic heterocycles. The lowest BCUT2D eigenvalue weighted by Crippen LogP contribution is -2.18. The van der Waals surface area contributed by atoms with Crippen LogP contribution in [0.1, 0.15) is 17.5 Å². The first-order valence-corrected chi connectivity index (χ1v) is 14.7. The SMILES string of the molecule is CN(C)C/C=C/C(=O)Nc1cc2c(Nc3ccc(OCc4cccc(Cl)c4)c(Cl)c3)c(C#N)cnc2cc1OC1CCOC1. The predicted octanol–water partition coefficient (Wildman–Crippen LogP) is 6.96. The molecule has 1 atom stereocenters. The highest BCUT2D eigenvalue weighted by molar-refractivity contribution is 6.32. The summed E-state index contributed by atoms with van der Waals surface area (Å²) in [4.78, 5) is 19.3. The van der Waals surface area contributed by atoms with Crippen molar-refractivity contribution >= 4 is 57.1 Å². The molecule has 5 rings (SSSR count). The normalized spacial score (nSPS) is 14.6. The summed E-state index contributed by atoms with van der Waals surface area (Å²) in [5, 5.41) is 17.8. The number of anilines is 3. The van der Waals surface area contributed by atoms with Crippen molar-refractivity contribution in [1.82, 2.24) is 9.88 Å². The van der Waals surface area contributed by atoms with E-state index in [4.69, 9.17) is 37.4 Å². The van der Waals surface area contributed by atoms with Crippen LogP contribution in [-0.2, 0) is 16.1 Å². The largest absolute Gasteiger partial charge is 0.487 e. The van der Waals surface area contributed by atoms with Gasteiger partial charge in [0.2, 0.25) is 5.91 Å². The third-order valence-electron chi connectivity index (χ3n) is 6.75. The van der Waals surface area contributed by atoms with Crippen molar-refractivity contribution in [2.24, 2.45) is 0 Å². The van der Waals surface area contributed by atoms with Crippen molar-refractivity contribution in [2.45, 2.75) is 19.1 Å². The molecule has 4 aromatic rings. The number of hydrogen-bond donors (Lipinski definition) is 2. The van der Waals surface area contributed by atoms with E-state index in [1.807, 2.05) is 43.3 Å². The molecular formula is C33H31Cl2N5O4. The molecule has 0 bridgehead atoms. The van der Waals surface area contributed by atoms with Gasteiger partial charge in [-0.15, -0.1) is 0 Å². The summed E-state index contributed by atoms with van der Waals surface area (Å²) in [5.41, 5.74) is 3.40. The predicted molar refractivity (Wildman–Crippen MR) is 173 cm³/mol. The molecule has 1 amide bonds. The van der Waals surface area contributed by atoms with E-state index >= 15 is 0 Å². The Morgan fingerprint density at radius 2 is 2.05 bits per heavy atom. The Hall–Kier alpha value is -4.33. The number of carbonyl (C=O) groups is 1. The van der Waals surface area contributed by atoms with E-state index in [-0.39, 0.29) is 12.0 Å². The van der Waals surface area contributed by atoms with Crippen molar-refractivity contribution in [2.75, 3.05) is 44.5 Å². The van der Waals surface area contributed by atoms with Gasteiger partial charge in [0.05, 0.1) is 40.7 Å². The van der Waals surface area contributed by atoms with Crippen LogP contribution in [0.15, 0.2) is 72.9 Å². The Balaban J connectivity index is 1.45. The number of nitrogens with one attached hydrogen (secondary N) is 2. The molecule has 1 saturated heterocycles. The van der Waals surface area contributed by atoms with Gasteiger partial charge in [-0.1, -0.05) is 41.4 Å². The number of benzene rings is 3.